The lowest BCUT2D eigenvalue weighted by Gasteiger charge is -2.40. The molecule has 19 heavy (non-hydrogen) atoms. The number of nitrogens with zero attached hydrogens (tertiary/aromatic N) is 1. The maximum atomic E-state index is 9.91. The molecule has 1 saturated heterocycles. The van der Waals surface area contributed by atoms with Gasteiger partial charge in [0.1, 0.15) is 18.3 Å². The fourth-order valence-electron chi connectivity index (χ4n) is 2.25. The van der Waals surface area contributed by atoms with Crippen LogP contribution in [0.4, 0.5) is 0 Å². The van der Waals surface area contributed by atoms with Gasteiger partial charge >= 0.3 is 0 Å². The van der Waals surface area contributed by atoms with Crippen LogP contribution in [0.25, 0.3) is 0 Å². The van der Waals surface area contributed by atoms with Crippen molar-refractivity contribution in [2.45, 2.75) is 44.5 Å². The summed E-state index contributed by atoms with van der Waals surface area (Å²) in [5.41, 5.74) is 0. The summed E-state index contributed by atoms with van der Waals surface area (Å²) in [7, 11) is 0. The van der Waals surface area contributed by atoms with E-state index in [1.54, 1.807) is 0 Å². The first-order valence-corrected chi connectivity index (χ1v) is 6.81. The summed E-state index contributed by atoms with van der Waals surface area (Å²) < 4.78 is 5.06. The molecule has 0 aromatic rings. The molecule has 5 atom stereocenters. The summed E-state index contributed by atoms with van der Waals surface area (Å²) in [6, 6.07) is -0.756. The first-order chi connectivity index (χ1) is 9.04. The van der Waals surface area contributed by atoms with Crippen molar-refractivity contribution in [3.8, 4) is 0 Å². The zero-order valence-corrected chi connectivity index (χ0v) is 11.6. The highest BCUT2D eigenvalue weighted by atomic mass is 16.6. The van der Waals surface area contributed by atoms with Crippen molar-refractivity contribution in [3.05, 3.63) is 0 Å². The Bertz CT molecular complexity index is 252. The molecule has 1 aliphatic rings. The van der Waals surface area contributed by atoms with Gasteiger partial charge in [0.2, 0.25) is 0 Å². The number of ether oxygens (including phenoxy) is 1. The van der Waals surface area contributed by atoms with Crippen LogP contribution in [0.5, 0.6) is 0 Å². The van der Waals surface area contributed by atoms with Gasteiger partial charge in [0.05, 0.1) is 12.6 Å². The summed E-state index contributed by atoms with van der Waals surface area (Å²) in [5.74, 6) is 0. The van der Waals surface area contributed by atoms with E-state index in [0.717, 1.165) is 19.6 Å². The van der Waals surface area contributed by atoms with E-state index in [1.165, 1.54) is 0 Å². The highest BCUT2D eigenvalue weighted by Gasteiger charge is 2.43. The zero-order chi connectivity index (χ0) is 14.4. The molecule has 0 aliphatic carbocycles. The Morgan fingerprint density at radius 1 is 1.11 bits per heavy atom. The third-order valence-electron chi connectivity index (χ3n) is 3.60. The van der Waals surface area contributed by atoms with Crippen LogP contribution in [-0.2, 0) is 4.74 Å². The van der Waals surface area contributed by atoms with Gasteiger partial charge in [0.15, 0.2) is 6.29 Å². The van der Waals surface area contributed by atoms with Gasteiger partial charge in [0.25, 0.3) is 0 Å². The van der Waals surface area contributed by atoms with Gasteiger partial charge in [-0.1, -0.05) is 13.8 Å². The molecule has 7 nitrogen and oxygen atoms in total. The monoisotopic (exact) mass is 278 g/mol. The number of hydrogen-bond acceptors (Lipinski definition) is 7. The third kappa shape index (κ3) is 4.35. The van der Waals surface area contributed by atoms with Gasteiger partial charge in [0, 0.05) is 13.1 Å². The van der Waals surface area contributed by atoms with Crippen molar-refractivity contribution in [1.29, 1.82) is 0 Å². The molecule has 0 spiro atoms. The smallest absolute Gasteiger partial charge is 0.173 e. The standard InChI is InChI=1S/C12H26N2O5/c1-3-14(4-2)6-5-13-9-11(17)10(16)8(7-15)19-12(9)18/h8-13,15-18H,3-7H2,1-2H3/t8-,9-,10-,11-,12?/m1/s1. The molecule has 0 saturated carbocycles. The Kier molecular flexibility index (Phi) is 7.16. The van der Waals surface area contributed by atoms with E-state index >= 15 is 0 Å². The first kappa shape index (κ1) is 16.8. The van der Waals surface area contributed by atoms with Crippen molar-refractivity contribution in [1.82, 2.24) is 10.2 Å². The van der Waals surface area contributed by atoms with E-state index in [9.17, 15) is 15.3 Å². The molecule has 114 valence electrons. The maximum Gasteiger partial charge on any atom is 0.173 e. The Morgan fingerprint density at radius 3 is 2.26 bits per heavy atom. The van der Waals surface area contributed by atoms with Crippen LogP contribution in [0.15, 0.2) is 0 Å². The zero-order valence-electron chi connectivity index (χ0n) is 11.6. The second-order valence-corrected chi connectivity index (χ2v) is 4.74. The molecule has 1 fully saturated rings. The molecule has 0 amide bonds. The summed E-state index contributed by atoms with van der Waals surface area (Å²) in [4.78, 5) is 2.20. The Morgan fingerprint density at radius 2 is 1.74 bits per heavy atom. The van der Waals surface area contributed by atoms with Gasteiger partial charge in [-0.15, -0.1) is 0 Å². The van der Waals surface area contributed by atoms with Crippen molar-refractivity contribution >= 4 is 0 Å². The lowest BCUT2D eigenvalue weighted by atomic mass is 9.97. The molecule has 0 bridgehead atoms. The molecule has 1 unspecified atom stereocenters. The topological polar surface area (TPSA) is 105 Å². The average Bonchev–Trinajstić information content (AvgIpc) is 2.42. The molecule has 5 N–H and O–H groups in total. The highest BCUT2D eigenvalue weighted by Crippen LogP contribution is 2.19. The Labute approximate surface area is 113 Å². The fraction of sp³-hybridized carbons (Fsp3) is 1.00. The number of aliphatic hydroxyl groups excluding tert-OH is 4. The maximum absolute atomic E-state index is 9.91. The lowest BCUT2D eigenvalue weighted by Crippen LogP contribution is -2.63. The van der Waals surface area contributed by atoms with E-state index in [-0.39, 0.29) is 0 Å². The van der Waals surface area contributed by atoms with Crippen LogP contribution in [-0.4, -0.2) is 88.8 Å². The first-order valence-electron chi connectivity index (χ1n) is 6.81. The van der Waals surface area contributed by atoms with E-state index in [1.807, 2.05) is 0 Å². The van der Waals surface area contributed by atoms with Gasteiger partial charge < -0.3 is 35.4 Å². The molecular formula is C12H26N2O5. The van der Waals surface area contributed by atoms with E-state index in [4.69, 9.17) is 9.84 Å². The number of likely N-dealkylation sites (N-methyl/N-ethyl adjacent to an activating group) is 1. The second-order valence-electron chi connectivity index (χ2n) is 4.74. The molecule has 0 aromatic carbocycles. The van der Waals surface area contributed by atoms with Crippen molar-refractivity contribution in [2.24, 2.45) is 0 Å². The summed E-state index contributed by atoms with van der Waals surface area (Å²) in [5, 5.41) is 41.3. The van der Waals surface area contributed by atoms with Crippen LogP contribution < -0.4 is 5.32 Å². The van der Waals surface area contributed by atoms with Gasteiger partial charge in [-0.2, -0.15) is 0 Å². The van der Waals surface area contributed by atoms with Crippen LogP contribution in [0.2, 0.25) is 0 Å². The van der Waals surface area contributed by atoms with Gasteiger partial charge in [-0.05, 0) is 13.1 Å². The average molecular weight is 278 g/mol. The van der Waals surface area contributed by atoms with Crippen molar-refractivity contribution in [3.63, 3.8) is 0 Å². The van der Waals surface area contributed by atoms with Crippen molar-refractivity contribution < 1.29 is 25.2 Å². The molecule has 1 rings (SSSR count). The van der Waals surface area contributed by atoms with Gasteiger partial charge in [-0.3, -0.25) is 0 Å². The van der Waals surface area contributed by atoms with Gasteiger partial charge in [-0.25, -0.2) is 0 Å². The van der Waals surface area contributed by atoms with Crippen molar-refractivity contribution in [2.75, 3.05) is 32.8 Å². The summed E-state index contributed by atoms with van der Waals surface area (Å²) in [6.45, 7) is 6.89. The molecule has 0 radical (unpaired) electrons. The van der Waals surface area contributed by atoms with E-state index in [2.05, 4.69) is 24.1 Å². The lowest BCUT2D eigenvalue weighted by molar-refractivity contribution is -0.254. The van der Waals surface area contributed by atoms with Crippen LogP contribution in [0.1, 0.15) is 13.8 Å². The SMILES string of the molecule is CCN(CC)CCN[C@H]1C(O)O[C@H](CO)[C@@H](O)[C@@H]1O. The second kappa shape index (κ2) is 8.11. The Hall–Kier alpha value is -0.280. The summed E-state index contributed by atoms with van der Waals surface area (Å²) >= 11 is 0. The fourth-order valence-corrected chi connectivity index (χ4v) is 2.25. The number of hydrogen-bond donors (Lipinski definition) is 5. The number of rotatable bonds is 7. The van der Waals surface area contributed by atoms with Crippen LogP contribution in [0.3, 0.4) is 0 Å². The van der Waals surface area contributed by atoms with E-state index in [0.29, 0.717) is 6.54 Å². The normalized spacial score (nSPS) is 35.8. The molecular weight excluding hydrogens is 252 g/mol. The van der Waals surface area contributed by atoms with Crippen LogP contribution in [0, 0.1) is 0 Å². The minimum atomic E-state index is -1.24. The summed E-state index contributed by atoms with van der Waals surface area (Å²) in [6.07, 6.45) is -4.57. The Balaban J connectivity index is 2.44. The van der Waals surface area contributed by atoms with E-state index < -0.39 is 37.3 Å². The largest absolute Gasteiger partial charge is 0.394 e. The third-order valence-corrected chi connectivity index (χ3v) is 3.60. The minimum Gasteiger partial charge on any atom is -0.394 e. The molecule has 0 aromatic heterocycles. The molecule has 7 heteroatoms. The van der Waals surface area contributed by atoms with Crippen LogP contribution >= 0.6 is 0 Å². The highest BCUT2D eigenvalue weighted by molar-refractivity contribution is 4.92. The number of nitrogens with one attached hydrogen (secondary N) is 1. The minimum absolute atomic E-state index is 0.443. The number of aliphatic hydroxyl groups is 4. The quantitative estimate of drug-likeness (QED) is 0.357. The molecule has 1 aliphatic heterocycles. The molecule has 1 heterocycles. The predicted molar refractivity (Wildman–Crippen MR) is 69.6 cm³/mol. The predicted octanol–water partition coefficient (Wildman–Crippen LogP) is -2.28.